The van der Waals surface area contributed by atoms with Gasteiger partial charge in [0, 0.05) is 46.5 Å². The monoisotopic (exact) mass is 361 g/mol. The largest absolute Gasteiger partial charge is 0.371 e. The second-order valence-corrected chi connectivity index (χ2v) is 7.32. The van der Waals surface area contributed by atoms with Crippen molar-refractivity contribution in [2.45, 2.75) is 18.3 Å². The zero-order chi connectivity index (χ0) is 18.1. The summed E-state index contributed by atoms with van der Waals surface area (Å²) in [6, 6.07) is 18.6. The Bertz CT molecular complexity index is 989. The van der Waals surface area contributed by atoms with Crippen molar-refractivity contribution in [2.24, 2.45) is 0 Å². The van der Waals surface area contributed by atoms with Crippen LogP contribution in [0.2, 0.25) is 5.02 Å². The molecule has 4 heteroatoms. The molecular weight excluding hydrogens is 342 g/mol. The third-order valence-electron chi connectivity index (χ3n) is 5.49. The van der Waals surface area contributed by atoms with Crippen LogP contribution < -0.4 is 0 Å². The highest BCUT2D eigenvalue weighted by Gasteiger charge is 2.36. The van der Waals surface area contributed by atoms with Crippen LogP contribution in [0.5, 0.6) is 0 Å². The Morgan fingerprint density at radius 1 is 1.15 bits per heavy atom. The molecule has 26 heavy (non-hydrogen) atoms. The van der Waals surface area contributed by atoms with Gasteiger partial charge in [0.05, 0.1) is 11.5 Å². The predicted molar refractivity (Wildman–Crippen MR) is 107 cm³/mol. The molecule has 0 atom stereocenters. The van der Waals surface area contributed by atoms with Crippen LogP contribution >= 0.6 is 11.6 Å². The van der Waals surface area contributed by atoms with Crippen molar-refractivity contribution in [3.8, 4) is 6.07 Å². The summed E-state index contributed by atoms with van der Waals surface area (Å²) in [6.07, 6.45) is 3.61. The maximum absolute atomic E-state index is 9.86. The molecule has 4 rings (SSSR count). The predicted octanol–water partition coefficient (Wildman–Crippen LogP) is 5.35. The van der Waals surface area contributed by atoms with E-state index in [1.165, 1.54) is 0 Å². The quantitative estimate of drug-likeness (QED) is 0.683. The number of likely N-dealkylation sites (tertiary alicyclic amines) is 1. The molecule has 0 saturated carbocycles. The van der Waals surface area contributed by atoms with Crippen LogP contribution in [-0.4, -0.2) is 23.0 Å². The Kier molecular flexibility index (Phi) is 4.22. The SMILES string of the molecule is C=C(c1c[nH]c2cc(Cl)ccc12)N1CCC(C#N)(c2ccccc2)CC1. The minimum Gasteiger partial charge on any atom is -0.371 e. The number of nitriles is 1. The van der Waals surface area contributed by atoms with Crippen molar-refractivity contribution < 1.29 is 0 Å². The summed E-state index contributed by atoms with van der Waals surface area (Å²) >= 11 is 6.08. The van der Waals surface area contributed by atoms with Gasteiger partial charge in [0.2, 0.25) is 0 Å². The van der Waals surface area contributed by atoms with Gasteiger partial charge in [-0.3, -0.25) is 0 Å². The van der Waals surface area contributed by atoms with Gasteiger partial charge >= 0.3 is 0 Å². The first kappa shape index (κ1) is 16.8. The number of H-pyrrole nitrogens is 1. The molecule has 1 saturated heterocycles. The van der Waals surface area contributed by atoms with Gasteiger partial charge in [0.25, 0.3) is 0 Å². The number of hydrogen-bond donors (Lipinski definition) is 1. The van der Waals surface area contributed by atoms with Gasteiger partial charge < -0.3 is 9.88 Å². The Morgan fingerprint density at radius 3 is 2.58 bits per heavy atom. The lowest BCUT2D eigenvalue weighted by Crippen LogP contribution is -2.40. The molecule has 3 nitrogen and oxygen atoms in total. The smallest absolute Gasteiger partial charge is 0.0855 e. The van der Waals surface area contributed by atoms with Gasteiger partial charge in [-0.15, -0.1) is 0 Å². The number of hydrogen-bond acceptors (Lipinski definition) is 2. The van der Waals surface area contributed by atoms with Crippen LogP contribution in [0.4, 0.5) is 0 Å². The minimum atomic E-state index is -0.397. The number of benzene rings is 2. The Labute approximate surface area is 158 Å². The van der Waals surface area contributed by atoms with E-state index in [9.17, 15) is 5.26 Å². The molecule has 130 valence electrons. The summed E-state index contributed by atoms with van der Waals surface area (Å²) < 4.78 is 0. The highest BCUT2D eigenvalue weighted by molar-refractivity contribution is 6.31. The van der Waals surface area contributed by atoms with Gasteiger partial charge in [0.1, 0.15) is 0 Å². The molecule has 1 aromatic heterocycles. The van der Waals surface area contributed by atoms with Crippen molar-refractivity contribution in [3.05, 3.63) is 77.5 Å². The van der Waals surface area contributed by atoms with E-state index >= 15 is 0 Å². The van der Waals surface area contributed by atoms with Crippen molar-refractivity contribution in [1.29, 1.82) is 5.26 Å². The topological polar surface area (TPSA) is 42.8 Å². The van der Waals surface area contributed by atoms with Crippen LogP contribution in [0.15, 0.2) is 61.3 Å². The number of fused-ring (bicyclic) bond motifs is 1. The average molecular weight is 362 g/mol. The van der Waals surface area contributed by atoms with Gasteiger partial charge in [-0.25, -0.2) is 0 Å². The van der Waals surface area contributed by atoms with Crippen LogP contribution in [-0.2, 0) is 5.41 Å². The number of aromatic amines is 1. The normalized spacial score (nSPS) is 16.4. The number of nitrogens with one attached hydrogen (secondary N) is 1. The van der Waals surface area contributed by atoms with Gasteiger partial charge in [-0.05, 0) is 30.5 Å². The third-order valence-corrected chi connectivity index (χ3v) is 5.73. The second kappa shape index (κ2) is 6.55. The summed E-state index contributed by atoms with van der Waals surface area (Å²) in [4.78, 5) is 5.57. The first-order chi connectivity index (χ1) is 12.6. The zero-order valence-electron chi connectivity index (χ0n) is 14.5. The molecule has 1 aliphatic rings. The molecule has 0 unspecified atom stereocenters. The van der Waals surface area contributed by atoms with E-state index < -0.39 is 5.41 Å². The number of piperidine rings is 1. The lowest BCUT2D eigenvalue weighted by atomic mass is 9.74. The lowest BCUT2D eigenvalue weighted by Gasteiger charge is -2.39. The molecule has 2 heterocycles. The van der Waals surface area contributed by atoms with E-state index in [1.54, 1.807) is 0 Å². The molecule has 0 spiro atoms. The fourth-order valence-electron chi connectivity index (χ4n) is 3.89. The second-order valence-electron chi connectivity index (χ2n) is 6.89. The van der Waals surface area contributed by atoms with Gasteiger partial charge in [-0.1, -0.05) is 54.6 Å². The molecule has 0 bridgehead atoms. The maximum atomic E-state index is 9.86. The number of rotatable bonds is 3. The molecule has 0 radical (unpaired) electrons. The standard InChI is InChI=1S/C22H20ClN3/c1-16(20-14-25-21-13-18(23)7-8-19(20)21)26-11-9-22(15-24,10-12-26)17-5-3-2-4-6-17/h2-8,13-14,25H,1,9-12H2. The molecule has 2 aromatic carbocycles. The number of aromatic nitrogens is 1. The van der Waals surface area contributed by atoms with E-state index in [1.807, 2.05) is 42.6 Å². The summed E-state index contributed by atoms with van der Waals surface area (Å²) in [5, 5.41) is 11.7. The summed E-state index contributed by atoms with van der Waals surface area (Å²) in [6.45, 7) is 5.97. The highest BCUT2D eigenvalue weighted by Crippen LogP contribution is 2.38. The van der Waals surface area contributed by atoms with E-state index in [4.69, 9.17) is 11.6 Å². The molecule has 0 aliphatic carbocycles. The fourth-order valence-corrected chi connectivity index (χ4v) is 4.06. The Balaban J connectivity index is 1.56. The summed E-state index contributed by atoms with van der Waals surface area (Å²) in [7, 11) is 0. The maximum Gasteiger partial charge on any atom is 0.0855 e. The Morgan fingerprint density at radius 2 is 1.88 bits per heavy atom. The molecule has 0 amide bonds. The van der Waals surface area contributed by atoms with Crippen molar-refractivity contribution in [3.63, 3.8) is 0 Å². The minimum absolute atomic E-state index is 0.397. The summed E-state index contributed by atoms with van der Waals surface area (Å²) in [5.41, 5.74) is 3.83. The zero-order valence-corrected chi connectivity index (χ0v) is 15.3. The number of nitrogens with zero attached hydrogens (tertiary/aromatic N) is 2. The molecule has 1 fully saturated rings. The fraction of sp³-hybridized carbons (Fsp3) is 0.227. The van der Waals surface area contributed by atoms with Crippen LogP contribution in [0.25, 0.3) is 16.6 Å². The first-order valence-corrected chi connectivity index (χ1v) is 9.18. The van der Waals surface area contributed by atoms with Crippen LogP contribution in [0, 0.1) is 11.3 Å². The van der Waals surface area contributed by atoms with Crippen LogP contribution in [0.1, 0.15) is 24.0 Å². The van der Waals surface area contributed by atoms with Crippen molar-refractivity contribution in [2.75, 3.05) is 13.1 Å². The lowest BCUT2D eigenvalue weighted by molar-refractivity contribution is 0.258. The molecule has 1 aliphatic heterocycles. The molecule has 3 aromatic rings. The summed E-state index contributed by atoms with van der Waals surface area (Å²) in [5.74, 6) is 0. The highest BCUT2D eigenvalue weighted by atomic mass is 35.5. The van der Waals surface area contributed by atoms with Crippen molar-refractivity contribution >= 4 is 28.2 Å². The van der Waals surface area contributed by atoms with E-state index in [2.05, 4.69) is 34.7 Å². The molecule has 1 N–H and O–H groups in total. The number of halogens is 1. The van der Waals surface area contributed by atoms with Gasteiger partial charge in [-0.2, -0.15) is 5.26 Å². The average Bonchev–Trinajstić information content (AvgIpc) is 3.11. The van der Waals surface area contributed by atoms with E-state index in [-0.39, 0.29) is 0 Å². The van der Waals surface area contributed by atoms with Crippen molar-refractivity contribution in [1.82, 2.24) is 9.88 Å². The molecular formula is C22H20ClN3. The van der Waals surface area contributed by atoms with E-state index in [0.29, 0.717) is 0 Å². The Hall–Kier alpha value is -2.70. The first-order valence-electron chi connectivity index (χ1n) is 8.81. The van der Waals surface area contributed by atoms with Gasteiger partial charge in [0.15, 0.2) is 0 Å². The van der Waals surface area contributed by atoms with Crippen LogP contribution in [0.3, 0.4) is 0 Å². The third kappa shape index (κ3) is 2.77. The van der Waals surface area contributed by atoms with E-state index in [0.717, 1.165) is 58.7 Å².